The van der Waals surface area contributed by atoms with Gasteiger partial charge in [0, 0.05) is 6.54 Å². The Kier molecular flexibility index (Phi) is 36.0. The molecule has 0 saturated heterocycles. The first-order valence-electron chi connectivity index (χ1n) is 1.46. The molecular weight excluding hydrogens is 139 g/mol. The highest BCUT2D eigenvalue weighted by molar-refractivity contribution is 5.85. The van der Waals surface area contributed by atoms with Crippen LogP contribution in [0.15, 0.2) is 0 Å². The molecule has 0 heterocycles. The Morgan fingerprint density at radius 1 is 1.43 bits per heavy atom. The summed E-state index contributed by atoms with van der Waals surface area (Å²) in [6.45, 7) is 0.580. The number of rotatable bonds is 2. The number of hydrogen-bond acceptors (Lipinski definition) is 3. The van der Waals surface area contributed by atoms with Crippen molar-refractivity contribution in [1.82, 2.24) is 5.43 Å². The van der Waals surface area contributed by atoms with Crippen LogP contribution in [0, 0.1) is 0 Å². The van der Waals surface area contributed by atoms with E-state index in [0.29, 0.717) is 6.54 Å². The predicted molar refractivity (Wildman–Crippen MR) is 33.8 cm³/mol. The van der Waals surface area contributed by atoms with Crippen LogP contribution in [-0.2, 0) is 0 Å². The van der Waals surface area contributed by atoms with Crippen molar-refractivity contribution >= 4 is 24.8 Å². The topological polar surface area (TPSA) is 58.3 Å². The van der Waals surface area contributed by atoms with Crippen LogP contribution in [0.3, 0.4) is 0 Å². The summed E-state index contributed by atoms with van der Waals surface area (Å²) in [7, 11) is 0. The third-order valence-electron chi connectivity index (χ3n) is 0.256. The molecule has 0 spiro atoms. The van der Waals surface area contributed by atoms with E-state index in [2.05, 4.69) is 5.43 Å². The van der Waals surface area contributed by atoms with Gasteiger partial charge in [0.1, 0.15) is 0 Å². The number of aliphatic hydroxyl groups is 1. The second kappa shape index (κ2) is 16.1. The highest BCUT2D eigenvalue weighted by atomic mass is 35.5. The van der Waals surface area contributed by atoms with Crippen molar-refractivity contribution in [1.29, 1.82) is 0 Å². The molecule has 0 aliphatic rings. The summed E-state index contributed by atoms with van der Waals surface area (Å²) in [6.07, 6.45) is 0. The first-order valence-corrected chi connectivity index (χ1v) is 1.46. The molecule has 0 bridgehead atoms. The zero-order valence-corrected chi connectivity index (χ0v) is 5.39. The Balaban J connectivity index is -0.0000000800. The molecule has 48 valence electrons. The number of nitrogens with two attached hydrogens (primary N) is 1. The van der Waals surface area contributed by atoms with Crippen molar-refractivity contribution < 1.29 is 5.11 Å². The smallest absolute Gasteiger partial charge is 0.0569 e. The van der Waals surface area contributed by atoms with E-state index in [-0.39, 0.29) is 31.4 Å². The maximum atomic E-state index is 7.92. The van der Waals surface area contributed by atoms with E-state index in [4.69, 9.17) is 10.9 Å². The van der Waals surface area contributed by atoms with Crippen molar-refractivity contribution in [3.8, 4) is 0 Å². The van der Waals surface area contributed by atoms with Crippen molar-refractivity contribution in [2.45, 2.75) is 0 Å². The number of hydrazine groups is 1. The number of halogens is 2. The third kappa shape index (κ3) is 21.2. The van der Waals surface area contributed by atoms with Crippen molar-refractivity contribution in [2.75, 3.05) is 13.2 Å². The van der Waals surface area contributed by atoms with Gasteiger partial charge in [0.05, 0.1) is 6.61 Å². The second-order valence-corrected chi connectivity index (χ2v) is 0.678. The van der Waals surface area contributed by atoms with Crippen LogP contribution >= 0.6 is 24.8 Å². The van der Waals surface area contributed by atoms with Crippen LogP contribution in [0.2, 0.25) is 0 Å². The summed E-state index contributed by atoms with van der Waals surface area (Å²) in [4.78, 5) is 0. The molecule has 0 aromatic carbocycles. The van der Waals surface area contributed by atoms with Gasteiger partial charge in [-0.15, -0.1) is 24.8 Å². The van der Waals surface area contributed by atoms with Crippen LogP contribution in [-0.4, -0.2) is 18.3 Å². The molecule has 0 radical (unpaired) electrons. The highest BCUT2D eigenvalue weighted by Gasteiger charge is 1.66. The summed E-state index contributed by atoms with van der Waals surface area (Å²) in [6, 6.07) is 0. The van der Waals surface area contributed by atoms with Gasteiger partial charge in [0.15, 0.2) is 0 Å². The molecule has 0 rings (SSSR count). The molecule has 0 amide bonds. The minimum absolute atomic E-state index is 0. The van der Waals surface area contributed by atoms with E-state index in [1.54, 1.807) is 0 Å². The third-order valence-corrected chi connectivity index (χ3v) is 0.256. The minimum atomic E-state index is 0. The SMILES string of the molecule is Cl.Cl.NNCCO. The summed E-state index contributed by atoms with van der Waals surface area (Å²) < 4.78 is 0. The number of aliphatic hydroxyl groups excluding tert-OH is 1. The van der Waals surface area contributed by atoms with Crippen LogP contribution in [0.4, 0.5) is 0 Å². The van der Waals surface area contributed by atoms with Gasteiger partial charge >= 0.3 is 0 Å². The molecule has 0 aliphatic heterocycles. The van der Waals surface area contributed by atoms with Crippen LogP contribution in [0.1, 0.15) is 0 Å². The summed E-state index contributed by atoms with van der Waals surface area (Å²) in [5, 5.41) is 7.92. The molecular formula is C2H10Cl2N2O. The normalized spacial score (nSPS) is 6.00. The van der Waals surface area contributed by atoms with Crippen LogP contribution in [0.25, 0.3) is 0 Å². The molecule has 3 nitrogen and oxygen atoms in total. The van der Waals surface area contributed by atoms with Crippen molar-refractivity contribution in [2.24, 2.45) is 5.84 Å². The van der Waals surface area contributed by atoms with Gasteiger partial charge < -0.3 is 5.11 Å². The lowest BCUT2D eigenvalue weighted by molar-refractivity contribution is 0.293. The maximum Gasteiger partial charge on any atom is 0.0569 e. The molecule has 5 heteroatoms. The fraction of sp³-hybridized carbons (Fsp3) is 1.00. The van der Waals surface area contributed by atoms with E-state index < -0.39 is 0 Å². The lowest BCUT2D eigenvalue weighted by Gasteiger charge is -1.84. The van der Waals surface area contributed by atoms with E-state index in [9.17, 15) is 0 Å². The van der Waals surface area contributed by atoms with Gasteiger partial charge in [-0.2, -0.15) is 0 Å². The fourth-order valence-corrected chi connectivity index (χ4v) is 0.0645. The number of hydrogen-bond donors (Lipinski definition) is 3. The Bertz CT molecular complexity index is 21.2. The van der Waals surface area contributed by atoms with Gasteiger partial charge in [-0.05, 0) is 0 Å². The maximum absolute atomic E-state index is 7.92. The molecule has 0 aliphatic carbocycles. The Hall–Kier alpha value is 0.460. The summed E-state index contributed by atoms with van der Waals surface area (Å²) >= 11 is 0. The minimum Gasteiger partial charge on any atom is -0.395 e. The lowest BCUT2D eigenvalue weighted by Crippen LogP contribution is -2.24. The van der Waals surface area contributed by atoms with Crippen LogP contribution < -0.4 is 11.3 Å². The standard InChI is InChI=1S/C2H8N2O.2ClH/c3-4-1-2-5;;/h4-5H,1-3H2;2*1H. The van der Waals surface area contributed by atoms with Gasteiger partial charge in [-0.25, -0.2) is 0 Å². The Morgan fingerprint density at radius 3 is 1.86 bits per heavy atom. The van der Waals surface area contributed by atoms with Crippen LogP contribution in [0.5, 0.6) is 0 Å². The first kappa shape index (κ1) is 15.7. The average molecular weight is 149 g/mol. The molecule has 7 heavy (non-hydrogen) atoms. The van der Waals surface area contributed by atoms with Gasteiger partial charge in [-0.1, -0.05) is 0 Å². The molecule has 0 aromatic heterocycles. The quantitative estimate of drug-likeness (QED) is 0.359. The zero-order valence-electron chi connectivity index (χ0n) is 3.76. The van der Waals surface area contributed by atoms with Gasteiger partial charge in [0.2, 0.25) is 0 Å². The first-order chi connectivity index (χ1) is 2.41. The summed E-state index contributed by atoms with van der Waals surface area (Å²) in [5.41, 5.74) is 2.27. The van der Waals surface area contributed by atoms with Gasteiger partial charge in [-0.3, -0.25) is 11.3 Å². The predicted octanol–water partition coefficient (Wildman–Crippen LogP) is -0.714. The van der Waals surface area contributed by atoms with E-state index in [1.807, 2.05) is 0 Å². The van der Waals surface area contributed by atoms with Crippen molar-refractivity contribution in [3.63, 3.8) is 0 Å². The van der Waals surface area contributed by atoms with Crippen molar-refractivity contribution in [3.05, 3.63) is 0 Å². The average Bonchev–Trinajstić information content (AvgIpc) is 1.41. The lowest BCUT2D eigenvalue weighted by atomic mass is 10.7. The fourth-order valence-electron chi connectivity index (χ4n) is 0.0645. The van der Waals surface area contributed by atoms with Gasteiger partial charge in [0.25, 0.3) is 0 Å². The molecule has 0 atom stereocenters. The van der Waals surface area contributed by atoms with E-state index >= 15 is 0 Å². The molecule has 0 saturated carbocycles. The molecule has 0 aromatic rings. The second-order valence-electron chi connectivity index (χ2n) is 0.678. The Labute approximate surface area is 55.1 Å². The zero-order chi connectivity index (χ0) is 4.12. The van der Waals surface area contributed by atoms with E-state index in [0.717, 1.165) is 0 Å². The monoisotopic (exact) mass is 148 g/mol. The molecule has 0 fully saturated rings. The number of nitrogens with one attached hydrogen (secondary N) is 1. The van der Waals surface area contributed by atoms with E-state index in [1.165, 1.54) is 0 Å². The summed E-state index contributed by atoms with van der Waals surface area (Å²) in [5.74, 6) is 4.73. The highest BCUT2D eigenvalue weighted by Crippen LogP contribution is 1.39. The largest absolute Gasteiger partial charge is 0.395 e. The molecule has 4 N–H and O–H groups in total. The molecule has 0 unspecified atom stereocenters. The Morgan fingerprint density at radius 2 is 1.86 bits per heavy atom.